The minimum atomic E-state index is -0.328. The van der Waals surface area contributed by atoms with Gasteiger partial charge in [-0.2, -0.15) is 5.10 Å². The minimum absolute atomic E-state index is 0.287. The van der Waals surface area contributed by atoms with Gasteiger partial charge in [-0.1, -0.05) is 41.4 Å². The number of rotatable bonds is 5. The van der Waals surface area contributed by atoms with E-state index >= 15 is 0 Å². The summed E-state index contributed by atoms with van der Waals surface area (Å²) in [5, 5.41) is 10.8. The van der Waals surface area contributed by atoms with E-state index in [1.165, 1.54) is 13.1 Å². The van der Waals surface area contributed by atoms with Crippen molar-refractivity contribution in [1.29, 1.82) is 0 Å². The molecule has 0 atom stereocenters. The first-order valence-corrected chi connectivity index (χ1v) is 9.67. The molecular weight excluding hydrogens is 411 g/mol. The molecule has 0 saturated heterocycles. The number of benzene rings is 2. The molecule has 3 aromatic rings. The number of carbonyl (C=O) groups is 2. The number of aryl methyl sites for hydroxylation is 1. The summed E-state index contributed by atoms with van der Waals surface area (Å²) in [4.78, 5) is 24.8. The van der Waals surface area contributed by atoms with Gasteiger partial charge in [0.1, 0.15) is 0 Å². The van der Waals surface area contributed by atoms with Crippen molar-refractivity contribution in [3.05, 3.63) is 80.6 Å². The number of aromatic nitrogens is 2. The predicted octanol–water partition coefficient (Wildman–Crippen LogP) is 4.47. The van der Waals surface area contributed by atoms with Crippen LogP contribution in [0.25, 0.3) is 0 Å². The van der Waals surface area contributed by atoms with Gasteiger partial charge in [-0.25, -0.2) is 0 Å². The van der Waals surface area contributed by atoms with Crippen molar-refractivity contribution in [3.63, 3.8) is 0 Å². The van der Waals surface area contributed by atoms with Gasteiger partial charge >= 0.3 is 0 Å². The van der Waals surface area contributed by atoms with Crippen molar-refractivity contribution < 1.29 is 9.59 Å². The molecule has 0 aliphatic heterocycles. The Morgan fingerprint density at radius 2 is 1.76 bits per heavy atom. The van der Waals surface area contributed by atoms with E-state index in [9.17, 15) is 9.59 Å². The Balaban J connectivity index is 1.86. The van der Waals surface area contributed by atoms with Crippen molar-refractivity contribution in [3.8, 4) is 0 Å². The maximum Gasteiger partial charge on any atom is 0.259 e. The summed E-state index contributed by atoms with van der Waals surface area (Å²) >= 11 is 12.3. The normalized spacial score (nSPS) is 10.7. The lowest BCUT2D eigenvalue weighted by molar-refractivity contribution is 0.0961. The largest absolute Gasteiger partial charge is 0.355 e. The number of nitrogens with zero attached hydrogens (tertiary/aromatic N) is 2. The van der Waals surface area contributed by atoms with E-state index in [2.05, 4.69) is 15.7 Å². The number of hydrogen-bond donors (Lipinski definition) is 2. The van der Waals surface area contributed by atoms with Gasteiger partial charge in [0.2, 0.25) is 0 Å². The van der Waals surface area contributed by atoms with Gasteiger partial charge in [0.05, 0.1) is 28.4 Å². The predicted molar refractivity (Wildman–Crippen MR) is 115 cm³/mol. The number of anilines is 1. The van der Waals surface area contributed by atoms with Crippen molar-refractivity contribution in [2.75, 3.05) is 12.4 Å². The first-order chi connectivity index (χ1) is 13.8. The van der Waals surface area contributed by atoms with Crippen molar-refractivity contribution in [2.24, 2.45) is 0 Å². The first kappa shape index (κ1) is 20.9. The molecule has 3 rings (SSSR count). The van der Waals surface area contributed by atoms with Gasteiger partial charge in [0.25, 0.3) is 11.8 Å². The molecule has 6 nitrogen and oxygen atoms in total. The van der Waals surface area contributed by atoms with Gasteiger partial charge < -0.3 is 10.6 Å². The molecule has 0 spiro atoms. The fraction of sp³-hybridized carbons (Fsp3) is 0.190. The molecule has 8 heteroatoms. The summed E-state index contributed by atoms with van der Waals surface area (Å²) in [6, 6.07) is 12.3. The maximum atomic E-state index is 12.9. The van der Waals surface area contributed by atoms with E-state index < -0.39 is 0 Å². The average Bonchev–Trinajstić information content (AvgIpc) is 2.97. The molecule has 0 saturated carbocycles. The Kier molecular flexibility index (Phi) is 6.25. The first-order valence-electron chi connectivity index (χ1n) is 8.92. The Labute approximate surface area is 178 Å². The molecule has 29 heavy (non-hydrogen) atoms. The highest BCUT2D eigenvalue weighted by atomic mass is 35.5. The summed E-state index contributed by atoms with van der Waals surface area (Å²) in [5.74, 6) is -0.637. The second kappa shape index (κ2) is 8.68. The summed E-state index contributed by atoms with van der Waals surface area (Å²) in [7, 11) is 1.52. The van der Waals surface area contributed by atoms with Crippen LogP contribution in [0.15, 0.2) is 42.5 Å². The summed E-state index contributed by atoms with van der Waals surface area (Å²) in [6.45, 7) is 4.08. The van der Waals surface area contributed by atoms with Crippen LogP contribution in [0.3, 0.4) is 0 Å². The molecule has 150 valence electrons. The Hall–Kier alpha value is -2.83. The number of amides is 2. The van der Waals surface area contributed by atoms with E-state index in [1.807, 2.05) is 31.2 Å². The lowest BCUT2D eigenvalue weighted by atomic mass is 10.1. The second-order valence-corrected chi connectivity index (χ2v) is 7.34. The SMILES string of the molecule is CNC(=O)c1cc(NC(=O)c2c(C)nn(Cc3ccccc3Cl)c2C)ccc1Cl. The highest BCUT2D eigenvalue weighted by molar-refractivity contribution is 6.34. The van der Waals surface area contributed by atoms with Crippen LogP contribution in [-0.2, 0) is 6.54 Å². The van der Waals surface area contributed by atoms with Crippen LogP contribution in [0.5, 0.6) is 0 Å². The second-order valence-electron chi connectivity index (χ2n) is 6.52. The molecule has 0 aliphatic rings. The Morgan fingerprint density at radius 3 is 2.45 bits per heavy atom. The van der Waals surface area contributed by atoms with Crippen LogP contribution in [0.4, 0.5) is 5.69 Å². The maximum absolute atomic E-state index is 12.9. The van der Waals surface area contributed by atoms with Crippen LogP contribution < -0.4 is 10.6 Å². The highest BCUT2D eigenvalue weighted by Gasteiger charge is 2.20. The summed E-state index contributed by atoms with van der Waals surface area (Å²) < 4.78 is 1.75. The number of carbonyl (C=O) groups excluding carboxylic acids is 2. The topological polar surface area (TPSA) is 76.0 Å². The fourth-order valence-corrected chi connectivity index (χ4v) is 3.47. The third kappa shape index (κ3) is 4.44. The molecule has 1 heterocycles. The smallest absolute Gasteiger partial charge is 0.259 e. The van der Waals surface area contributed by atoms with E-state index in [4.69, 9.17) is 23.2 Å². The van der Waals surface area contributed by atoms with Gasteiger partial charge in [-0.3, -0.25) is 14.3 Å². The molecular formula is C21H20Cl2N4O2. The zero-order chi connectivity index (χ0) is 21.1. The quantitative estimate of drug-likeness (QED) is 0.626. The molecule has 2 aromatic carbocycles. The summed E-state index contributed by atoms with van der Waals surface area (Å²) in [5.41, 5.74) is 3.48. The van der Waals surface area contributed by atoms with Gasteiger partial charge in [-0.15, -0.1) is 0 Å². The monoisotopic (exact) mass is 430 g/mol. The molecule has 0 radical (unpaired) electrons. The number of nitrogens with one attached hydrogen (secondary N) is 2. The highest BCUT2D eigenvalue weighted by Crippen LogP contribution is 2.23. The molecule has 0 unspecified atom stereocenters. The van der Waals surface area contributed by atoms with Crippen LogP contribution in [0.2, 0.25) is 10.0 Å². The zero-order valence-corrected chi connectivity index (χ0v) is 17.7. The van der Waals surface area contributed by atoms with Gasteiger partial charge in [0, 0.05) is 23.5 Å². The Morgan fingerprint density at radius 1 is 1.03 bits per heavy atom. The fourth-order valence-electron chi connectivity index (χ4n) is 3.07. The third-order valence-corrected chi connectivity index (χ3v) is 5.28. The van der Waals surface area contributed by atoms with Crippen molar-refractivity contribution in [2.45, 2.75) is 20.4 Å². The van der Waals surface area contributed by atoms with E-state index in [-0.39, 0.29) is 17.4 Å². The van der Waals surface area contributed by atoms with Crippen molar-refractivity contribution >= 4 is 40.7 Å². The molecule has 2 N–H and O–H groups in total. The molecule has 0 aliphatic carbocycles. The molecule has 0 bridgehead atoms. The third-order valence-electron chi connectivity index (χ3n) is 4.58. The average molecular weight is 431 g/mol. The van der Waals surface area contributed by atoms with Gasteiger partial charge in [0.15, 0.2) is 0 Å². The van der Waals surface area contributed by atoms with E-state index in [0.29, 0.717) is 33.5 Å². The van der Waals surface area contributed by atoms with Crippen LogP contribution in [-0.4, -0.2) is 28.6 Å². The van der Waals surface area contributed by atoms with Crippen LogP contribution in [0, 0.1) is 13.8 Å². The van der Waals surface area contributed by atoms with Crippen LogP contribution >= 0.6 is 23.2 Å². The van der Waals surface area contributed by atoms with Crippen molar-refractivity contribution in [1.82, 2.24) is 15.1 Å². The van der Waals surface area contributed by atoms with Gasteiger partial charge in [-0.05, 0) is 43.7 Å². The standard InChI is InChI=1S/C21H20Cl2N4O2/c1-12-19(13(2)27(26-12)11-14-6-4-5-7-17(14)22)21(29)25-15-8-9-18(23)16(10-15)20(28)24-3/h4-10H,11H2,1-3H3,(H,24,28)(H,25,29). The molecule has 2 amide bonds. The number of hydrogen-bond acceptors (Lipinski definition) is 3. The van der Waals surface area contributed by atoms with Crippen LogP contribution in [0.1, 0.15) is 37.7 Å². The Bertz CT molecular complexity index is 1090. The summed E-state index contributed by atoms with van der Waals surface area (Å²) in [6.07, 6.45) is 0. The van der Waals surface area contributed by atoms with E-state index in [1.54, 1.807) is 23.7 Å². The molecule has 0 fully saturated rings. The minimum Gasteiger partial charge on any atom is -0.355 e. The zero-order valence-electron chi connectivity index (χ0n) is 16.2. The molecule has 1 aromatic heterocycles. The lowest BCUT2D eigenvalue weighted by Gasteiger charge is -2.10. The lowest BCUT2D eigenvalue weighted by Crippen LogP contribution is -2.19. The number of halogens is 2. The van der Waals surface area contributed by atoms with E-state index in [0.717, 1.165) is 11.3 Å².